The molecule has 1 aliphatic heterocycles. The van der Waals surface area contributed by atoms with Crippen LogP contribution in [-0.4, -0.2) is 63.3 Å². The summed E-state index contributed by atoms with van der Waals surface area (Å²) in [6, 6.07) is 0. The normalized spacial score (nSPS) is 27.0. The second kappa shape index (κ2) is 4.84. The molecule has 17 heavy (non-hydrogen) atoms. The SMILES string of the molecule is CC1(C)CC(O)CC(C)(C)[N+]1(CCO)CCO. The van der Waals surface area contributed by atoms with Crippen LogP contribution in [-0.2, 0) is 0 Å². The molecular weight excluding hydrogens is 218 g/mol. The molecule has 1 rings (SSSR count). The molecular formula is C13H28NO3+. The van der Waals surface area contributed by atoms with Gasteiger partial charge in [-0.2, -0.15) is 0 Å². The molecule has 0 bridgehead atoms. The van der Waals surface area contributed by atoms with Gasteiger partial charge >= 0.3 is 0 Å². The Bertz CT molecular complexity index is 237. The number of aliphatic hydroxyl groups is 3. The Morgan fingerprint density at radius 1 is 0.941 bits per heavy atom. The highest BCUT2D eigenvalue weighted by Crippen LogP contribution is 2.45. The van der Waals surface area contributed by atoms with Crippen LogP contribution in [0.2, 0.25) is 0 Å². The summed E-state index contributed by atoms with van der Waals surface area (Å²) in [5.41, 5.74) is -0.265. The molecule has 0 amide bonds. The van der Waals surface area contributed by atoms with E-state index in [1.807, 2.05) is 0 Å². The molecule has 1 aliphatic rings. The van der Waals surface area contributed by atoms with E-state index < -0.39 is 0 Å². The average Bonchev–Trinajstić information content (AvgIpc) is 2.12. The first-order valence-corrected chi connectivity index (χ1v) is 6.49. The zero-order valence-electron chi connectivity index (χ0n) is 11.6. The third-order valence-electron chi connectivity index (χ3n) is 4.75. The lowest BCUT2D eigenvalue weighted by molar-refractivity contribution is -1.02. The molecule has 0 unspecified atom stereocenters. The number of hydrogen-bond donors (Lipinski definition) is 3. The highest BCUT2D eigenvalue weighted by atomic mass is 16.3. The van der Waals surface area contributed by atoms with Crippen molar-refractivity contribution in [3.63, 3.8) is 0 Å². The molecule has 3 N–H and O–H groups in total. The van der Waals surface area contributed by atoms with E-state index in [2.05, 4.69) is 27.7 Å². The number of hydrogen-bond acceptors (Lipinski definition) is 3. The number of quaternary nitrogens is 1. The Balaban J connectivity index is 3.18. The maximum absolute atomic E-state index is 10.0. The lowest BCUT2D eigenvalue weighted by atomic mass is 9.74. The van der Waals surface area contributed by atoms with Gasteiger partial charge in [0.25, 0.3) is 0 Å². The van der Waals surface area contributed by atoms with Crippen molar-refractivity contribution in [2.45, 2.75) is 57.7 Å². The number of nitrogens with zero attached hydrogens (tertiary/aromatic N) is 1. The van der Waals surface area contributed by atoms with E-state index in [0.29, 0.717) is 17.6 Å². The molecule has 0 aromatic heterocycles. The van der Waals surface area contributed by atoms with Crippen LogP contribution in [0.4, 0.5) is 0 Å². The molecule has 0 spiro atoms. The van der Waals surface area contributed by atoms with Gasteiger partial charge in [0.05, 0.1) is 30.4 Å². The van der Waals surface area contributed by atoms with E-state index in [1.165, 1.54) is 0 Å². The Labute approximate surface area is 104 Å². The van der Waals surface area contributed by atoms with Crippen LogP contribution < -0.4 is 0 Å². The van der Waals surface area contributed by atoms with Crippen LogP contribution >= 0.6 is 0 Å². The summed E-state index contributed by atoms with van der Waals surface area (Å²) < 4.78 is 0.671. The zero-order valence-corrected chi connectivity index (χ0v) is 11.6. The van der Waals surface area contributed by atoms with E-state index in [1.54, 1.807) is 0 Å². The minimum Gasteiger partial charge on any atom is -0.393 e. The number of piperidine rings is 1. The van der Waals surface area contributed by atoms with Crippen LogP contribution in [0.5, 0.6) is 0 Å². The quantitative estimate of drug-likeness (QED) is 0.633. The number of likely N-dealkylation sites (tertiary alicyclic amines) is 1. The Kier molecular flexibility index (Phi) is 4.24. The Hall–Kier alpha value is -0.160. The van der Waals surface area contributed by atoms with Crippen molar-refractivity contribution in [2.75, 3.05) is 26.3 Å². The summed E-state index contributed by atoms with van der Waals surface area (Å²) in [6.07, 6.45) is 1.15. The van der Waals surface area contributed by atoms with Crippen molar-refractivity contribution in [3.05, 3.63) is 0 Å². The standard InChI is InChI=1S/C13H28NO3/c1-12(2)9-11(17)10-13(3,4)14(12,5-7-15)6-8-16/h11,15-17H,5-10H2,1-4H3/q+1. The zero-order chi connectivity index (χ0) is 13.3. The van der Waals surface area contributed by atoms with Crippen molar-refractivity contribution < 1.29 is 19.8 Å². The second-order valence-electron chi connectivity index (χ2n) is 6.55. The predicted octanol–water partition coefficient (Wildman–Crippen LogP) is 0.500. The maximum Gasteiger partial charge on any atom is 0.103 e. The highest BCUT2D eigenvalue weighted by Gasteiger charge is 2.57. The molecule has 0 saturated carbocycles. The monoisotopic (exact) mass is 246 g/mol. The molecule has 0 radical (unpaired) electrons. The van der Waals surface area contributed by atoms with E-state index in [-0.39, 0.29) is 30.4 Å². The first-order valence-electron chi connectivity index (χ1n) is 6.49. The highest BCUT2D eigenvalue weighted by molar-refractivity contribution is 4.90. The maximum atomic E-state index is 10.0. The minimum atomic E-state index is -0.288. The van der Waals surface area contributed by atoms with Gasteiger partial charge in [-0.25, -0.2) is 0 Å². The summed E-state index contributed by atoms with van der Waals surface area (Å²) in [5, 5.41) is 28.8. The Morgan fingerprint density at radius 3 is 1.59 bits per heavy atom. The van der Waals surface area contributed by atoms with Crippen molar-refractivity contribution in [1.82, 2.24) is 0 Å². The van der Waals surface area contributed by atoms with E-state index in [9.17, 15) is 15.3 Å². The van der Waals surface area contributed by atoms with Gasteiger partial charge in [0.2, 0.25) is 0 Å². The molecule has 1 heterocycles. The molecule has 0 aliphatic carbocycles. The summed E-state index contributed by atoms with van der Waals surface area (Å²) in [6.45, 7) is 10.0. The van der Waals surface area contributed by atoms with Crippen LogP contribution in [0, 0.1) is 0 Å². The second-order valence-corrected chi connectivity index (χ2v) is 6.55. The fourth-order valence-corrected chi connectivity index (χ4v) is 4.06. The van der Waals surface area contributed by atoms with Gasteiger partial charge in [-0.1, -0.05) is 0 Å². The van der Waals surface area contributed by atoms with E-state index in [4.69, 9.17) is 0 Å². The fraction of sp³-hybridized carbons (Fsp3) is 1.00. The lowest BCUT2D eigenvalue weighted by Crippen LogP contribution is -2.76. The van der Waals surface area contributed by atoms with Gasteiger partial charge < -0.3 is 19.8 Å². The summed E-state index contributed by atoms with van der Waals surface area (Å²) in [4.78, 5) is 0. The first-order chi connectivity index (χ1) is 7.72. The van der Waals surface area contributed by atoms with Crippen molar-refractivity contribution in [3.8, 4) is 0 Å². The number of rotatable bonds is 4. The third-order valence-corrected chi connectivity index (χ3v) is 4.75. The van der Waals surface area contributed by atoms with E-state index >= 15 is 0 Å². The van der Waals surface area contributed by atoms with Crippen molar-refractivity contribution in [1.29, 1.82) is 0 Å². The fourth-order valence-electron chi connectivity index (χ4n) is 4.06. The topological polar surface area (TPSA) is 60.7 Å². The number of aliphatic hydroxyl groups excluding tert-OH is 3. The largest absolute Gasteiger partial charge is 0.393 e. The molecule has 1 saturated heterocycles. The lowest BCUT2D eigenvalue weighted by Gasteiger charge is -2.62. The molecule has 4 heteroatoms. The van der Waals surface area contributed by atoms with Crippen LogP contribution in [0.25, 0.3) is 0 Å². The molecule has 102 valence electrons. The van der Waals surface area contributed by atoms with Gasteiger partial charge in [-0.15, -0.1) is 0 Å². The van der Waals surface area contributed by atoms with Crippen LogP contribution in [0.3, 0.4) is 0 Å². The first kappa shape index (κ1) is 14.9. The minimum absolute atomic E-state index is 0.114. The van der Waals surface area contributed by atoms with Crippen molar-refractivity contribution >= 4 is 0 Å². The van der Waals surface area contributed by atoms with Gasteiger partial charge in [0.1, 0.15) is 13.1 Å². The summed E-state index contributed by atoms with van der Waals surface area (Å²) in [5.74, 6) is 0. The molecule has 0 aromatic rings. The molecule has 0 atom stereocenters. The molecule has 0 aromatic carbocycles. The summed E-state index contributed by atoms with van der Waals surface area (Å²) in [7, 11) is 0. The van der Waals surface area contributed by atoms with Gasteiger partial charge in [-0.3, -0.25) is 0 Å². The summed E-state index contributed by atoms with van der Waals surface area (Å²) >= 11 is 0. The van der Waals surface area contributed by atoms with Gasteiger partial charge in [-0.05, 0) is 27.7 Å². The smallest absolute Gasteiger partial charge is 0.103 e. The van der Waals surface area contributed by atoms with E-state index in [0.717, 1.165) is 12.8 Å². The van der Waals surface area contributed by atoms with Crippen LogP contribution in [0.1, 0.15) is 40.5 Å². The average molecular weight is 246 g/mol. The van der Waals surface area contributed by atoms with Crippen LogP contribution in [0.15, 0.2) is 0 Å². The van der Waals surface area contributed by atoms with Gasteiger partial charge in [0, 0.05) is 12.8 Å². The van der Waals surface area contributed by atoms with Crippen molar-refractivity contribution in [2.24, 2.45) is 0 Å². The Morgan fingerprint density at radius 2 is 1.29 bits per heavy atom. The third kappa shape index (κ3) is 2.36. The molecule has 1 fully saturated rings. The predicted molar refractivity (Wildman–Crippen MR) is 67.6 cm³/mol. The van der Waals surface area contributed by atoms with Gasteiger partial charge in [0.15, 0.2) is 0 Å². The molecule has 4 nitrogen and oxygen atoms in total.